The van der Waals surface area contributed by atoms with Gasteiger partial charge in [-0.05, 0) is 36.4 Å². The van der Waals surface area contributed by atoms with E-state index >= 15 is 0 Å². The topological polar surface area (TPSA) is 43.1 Å². The van der Waals surface area contributed by atoms with Crippen molar-refractivity contribution < 1.29 is 4.79 Å². The van der Waals surface area contributed by atoms with Crippen molar-refractivity contribution >= 4 is 29.1 Å². The number of rotatable bonds is 4. The van der Waals surface area contributed by atoms with Gasteiger partial charge in [0.25, 0.3) is 0 Å². The number of hydrogen-bond donors (Lipinski definition) is 1. The lowest BCUT2D eigenvalue weighted by Gasteiger charge is -2.03. The molecular formula is C14H12ClNOS. The van der Waals surface area contributed by atoms with Gasteiger partial charge in [0.2, 0.25) is 0 Å². The fourth-order valence-electron chi connectivity index (χ4n) is 1.47. The Morgan fingerprint density at radius 3 is 2.00 bits per heavy atom. The van der Waals surface area contributed by atoms with Crippen molar-refractivity contribution in [3.8, 4) is 0 Å². The van der Waals surface area contributed by atoms with Crippen molar-refractivity contribution in [3.05, 3.63) is 59.1 Å². The standard InChI is InChI=1S/C14H12ClNOS/c15-11-3-7-13(8-4-11)18-12-5-1-10(2-6-12)14(17)9-16/h1-8H,9,16H2. The smallest absolute Gasteiger partial charge is 0.176 e. The van der Waals surface area contributed by atoms with Gasteiger partial charge in [-0.25, -0.2) is 0 Å². The first-order valence-electron chi connectivity index (χ1n) is 5.46. The van der Waals surface area contributed by atoms with Crippen molar-refractivity contribution in [2.24, 2.45) is 5.73 Å². The summed E-state index contributed by atoms with van der Waals surface area (Å²) in [4.78, 5) is 13.6. The van der Waals surface area contributed by atoms with E-state index in [2.05, 4.69) is 0 Å². The molecule has 0 heterocycles. The molecule has 0 aromatic heterocycles. The maximum absolute atomic E-state index is 11.4. The Morgan fingerprint density at radius 2 is 1.50 bits per heavy atom. The van der Waals surface area contributed by atoms with Gasteiger partial charge in [0, 0.05) is 20.4 Å². The van der Waals surface area contributed by atoms with Crippen LogP contribution in [0.4, 0.5) is 0 Å². The zero-order chi connectivity index (χ0) is 13.0. The molecule has 0 amide bonds. The second-order valence-electron chi connectivity index (χ2n) is 3.71. The lowest BCUT2D eigenvalue weighted by Crippen LogP contribution is -2.13. The molecule has 0 saturated carbocycles. The minimum Gasteiger partial charge on any atom is -0.324 e. The summed E-state index contributed by atoms with van der Waals surface area (Å²) in [6.07, 6.45) is 0. The molecule has 4 heteroatoms. The highest BCUT2D eigenvalue weighted by atomic mass is 35.5. The predicted octanol–water partition coefficient (Wildman–Crippen LogP) is 3.63. The molecule has 2 rings (SSSR count). The Hall–Kier alpha value is -1.29. The largest absolute Gasteiger partial charge is 0.324 e. The highest BCUT2D eigenvalue weighted by molar-refractivity contribution is 7.99. The maximum Gasteiger partial charge on any atom is 0.176 e. The van der Waals surface area contributed by atoms with Gasteiger partial charge in [-0.1, -0.05) is 35.5 Å². The molecule has 2 aromatic carbocycles. The Morgan fingerprint density at radius 1 is 1.00 bits per heavy atom. The third-order valence-electron chi connectivity index (χ3n) is 2.41. The van der Waals surface area contributed by atoms with Gasteiger partial charge in [-0.3, -0.25) is 4.79 Å². The highest BCUT2D eigenvalue weighted by Crippen LogP contribution is 2.28. The Bertz CT molecular complexity index is 537. The first kappa shape index (κ1) is 13.1. The van der Waals surface area contributed by atoms with Gasteiger partial charge < -0.3 is 5.73 Å². The van der Waals surface area contributed by atoms with Crippen LogP contribution in [-0.2, 0) is 0 Å². The van der Waals surface area contributed by atoms with Crippen LogP contribution in [0.2, 0.25) is 5.02 Å². The number of carbonyl (C=O) groups is 1. The first-order valence-corrected chi connectivity index (χ1v) is 6.65. The van der Waals surface area contributed by atoms with E-state index in [0.717, 1.165) is 14.8 Å². The lowest BCUT2D eigenvalue weighted by atomic mass is 10.1. The molecule has 2 aromatic rings. The summed E-state index contributed by atoms with van der Waals surface area (Å²) < 4.78 is 0. The van der Waals surface area contributed by atoms with E-state index in [0.29, 0.717) is 5.56 Å². The maximum atomic E-state index is 11.4. The summed E-state index contributed by atoms with van der Waals surface area (Å²) in [5, 5.41) is 0.725. The monoisotopic (exact) mass is 277 g/mol. The Labute approximate surface area is 115 Å². The Balaban J connectivity index is 2.10. The molecule has 0 unspecified atom stereocenters. The van der Waals surface area contributed by atoms with Gasteiger partial charge in [-0.15, -0.1) is 0 Å². The van der Waals surface area contributed by atoms with Crippen LogP contribution in [0.3, 0.4) is 0 Å². The van der Waals surface area contributed by atoms with E-state index in [9.17, 15) is 4.79 Å². The SMILES string of the molecule is NCC(=O)c1ccc(Sc2ccc(Cl)cc2)cc1. The molecule has 18 heavy (non-hydrogen) atoms. The van der Waals surface area contributed by atoms with Gasteiger partial charge in [0.1, 0.15) is 0 Å². The molecule has 2 nitrogen and oxygen atoms in total. The minimum atomic E-state index is -0.0435. The number of hydrogen-bond acceptors (Lipinski definition) is 3. The average Bonchev–Trinajstić information content (AvgIpc) is 2.41. The quantitative estimate of drug-likeness (QED) is 0.868. The predicted molar refractivity (Wildman–Crippen MR) is 75.4 cm³/mol. The second kappa shape index (κ2) is 6.05. The molecule has 0 fully saturated rings. The molecule has 0 spiro atoms. The van der Waals surface area contributed by atoms with Crippen LogP contribution in [0.1, 0.15) is 10.4 Å². The minimum absolute atomic E-state index is 0.0435. The number of ketones is 1. The number of halogens is 1. The summed E-state index contributed by atoms with van der Waals surface area (Å²) >= 11 is 7.45. The van der Waals surface area contributed by atoms with E-state index in [1.807, 2.05) is 36.4 Å². The van der Waals surface area contributed by atoms with Crippen molar-refractivity contribution in [2.45, 2.75) is 9.79 Å². The molecule has 2 N–H and O–H groups in total. The zero-order valence-corrected chi connectivity index (χ0v) is 11.2. The first-order chi connectivity index (χ1) is 8.69. The van der Waals surface area contributed by atoms with Crippen molar-refractivity contribution in [1.82, 2.24) is 0 Å². The van der Waals surface area contributed by atoms with Crippen LogP contribution in [0.25, 0.3) is 0 Å². The summed E-state index contributed by atoms with van der Waals surface area (Å²) in [6, 6.07) is 15.1. The number of Topliss-reactive ketones (excluding diaryl/α,β-unsaturated/α-hetero) is 1. The second-order valence-corrected chi connectivity index (χ2v) is 5.29. The van der Waals surface area contributed by atoms with Crippen LogP contribution in [0.15, 0.2) is 58.3 Å². The number of carbonyl (C=O) groups excluding carboxylic acids is 1. The van der Waals surface area contributed by atoms with E-state index in [-0.39, 0.29) is 12.3 Å². The van der Waals surface area contributed by atoms with E-state index in [1.165, 1.54) is 0 Å². The number of nitrogens with two attached hydrogens (primary N) is 1. The average molecular weight is 278 g/mol. The van der Waals surface area contributed by atoms with E-state index in [1.54, 1.807) is 23.9 Å². The lowest BCUT2D eigenvalue weighted by molar-refractivity contribution is 0.100. The molecule has 92 valence electrons. The van der Waals surface area contributed by atoms with E-state index in [4.69, 9.17) is 17.3 Å². The van der Waals surface area contributed by atoms with E-state index < -0.39 is 0 Å². The molecule has 0 atom stereocenters. The van der Waals surface area contributed by atoms with Crippen LogP contribution in [0.5, 0.6) is 0 Å². The summed E-state index contributed by atoms with van der Waals surface area (Å²) in [7, 11) is 0. The molecule has 0 aliphatic heterocycles. The van der Waals surface area contributed by atoms with Crippen LogP contribution in [0, 0.1) is 0 Å². The van der Waals surface area contributed by atoms with Crippen LogP contribution < -0.4 is 5.73 Å². The molecule has 0 radical (unpaired) electrons. The summed E-state index contributed by atoms with van der Waals surface area (Å²) in [5.74, 6) is -0.0435. The normalized spacial score (nSPS) is 10.3. The number of benzene rings is 2. The third kappa shape index (κ3) is 3.35. The molecular weight excluding hydrogens is 266 g/mol. The fourth-order valence-corrected chi connectivity index (χ4v) is 2.41. The van der Waals surface area contributed by atoms with Gasteiger partial charge >= 0.3 is 0 Å². The van der Waals surface area contributed by atoms with Crippen LogP contribution in [-0.4, -0.2) is 12.3 Å². The zero-order valence-electron chi connectivity index (χ0n) is 9.60. The van der Waals surface area contributed by atoms with Crippen molar-refractivity contribution in [1.29, 1.82) is 0 Å². The Kier molecular flexibility index (Phi) is 4.42. The van der Waals surface area contributed by atoms with Gasteiger partial charge in [0.15, 0.2) is 5.78 Å². The van der Waals surface area contributed by atoms with Crippen molar-refractivity contribution in [3.63, 3.8) is 0 Å². The van der Waals surface area contributed by atoms with Gasteiger partial charge in [0.05, 0.1) is 6.54 Å². The molecule has 0 aliphatic carbocycles. The van der Waals surface area contributed by atoms with Crippen LogP contribution >= 0.6 is 23.4 Å². The summed E-state index contributed by atoms with van der Waals surface area (Å²) in [5.41, 5.74) is 5.96. The van der Waals surface area contributed by atoms with Gasteiger partial charge in [-0.2, -0.15) is 0 Å². The molecule has 0 saturated heterocycles. The summed E-state index contributed by atoms with van der Waals surface area (Å²) in [6.45, 7) is 0.0453. The fraction of sp³-hybridized carbons (Fsp3) is 0.0714. The molecule has 0 aliphatic rings. The molecule has 0 bridgehead atoms. The third-order valence-corrected chi connectivity index (χ3v) is 3.68. The van der Waals surface area contributed by atoms with Crippen molar-refractivity contribution in [2.75, 3.05) is 6.54 Å². The highest BCUT2D eigenvalue weighted by Gasteiger charge is 2.03.